The van der Waals surface area contributed by atoms with Crippen molar-refractivity contribution in [3.8, 4) is 11.1 Å². The van der Waals surface area contributed by atoms with E-state index in [1.165, 1.54) is 6.20 Å². The van der Waals surface area contributed by atoms with Crippen molar-refractivity contribution in [1.82, 2.24) is 9.55 Å². The Balaban J connectivity index is 1.94. The Hall–Kier alpha value is -3.04. The van der Waals surface area contributed by atoms with E-state index in [-0.39, 0.29) is 17.9 Å². The van der Waals surface area contributed by atoms with E-state index in [2.05, 4.69) is 14.4 Å². The number of nitrogens with zero attached hydrogens (tertiary/aromatic N) is 3. The van der Waals surface area contributed by atoms with Gasteiger partial charge in [-0.05, 0) is 49.3 Å². The molecule has 0 spiro atoms. The summed E-state index contributed by atoms with van der Waals surface area (Å²) in [4.78, 5) is 19.5. The summed E-state index contributed by atoms with van der Waals surface area (Å²) in [6, 6.07) is 4.08. The van der Waals surface area contributed by atoms with Gasteiger partial charge in [-0.2, -0.15) is 0 Å². The predicted molar refractivity (Wildman–Crippen MR) is 111 cm³/mol. The van der Waals surface area contributed by atoms with Gasteiger partial charge in [-0.1, -0.05) is 11.6 Å². The molecule has 2 aromatic heterocycles. The summed E-state index contributed by atoms with van der Waals surface area (Å²) >= 11 is 6.47. The summed E-state index contributed by atoms with van der Waals surface area (Å²) in [5, 5.41) is 1.37. The first-order valence-electron chi connectivity index (χ1n) is 9.12. The molecular formula is C21H20ClN5O. The SMILES string of the molecule is [C-]#[N+]c1cc2c(-c3cncc(N)c3Cl)cn(C3CCC(C(N)=O)C3)c2cc1C. The molecule has 4 N–H and O–H groups in total. The number of fused-ring (bicyclic) bond motifs is 1. The summed E-state index contributed by atoms with van der Waals surface area (Å²) in [5.41, 5.74) is 16.0. The number of pyridine rings is 1. The predicted octanol–water partition coefficient (Wildman–Crippen LogP) is 4.62. The van der Waals surface area contributed by atoms with E-state index in [0.717, 1.165) is 40.4 Å². The summed E-state index contributed by atoms with van der Waals surface area (Å²) in [5.74, 6) is -0.346. The third-order valence-electron chi connectivity index (χ3n) is 5.67. The molecule has 1 aromatic carbocycles. The lowest BCUT2D eigenvalue weighted by atomic mass is 10.0. The number of anilines is 1. The Labute approximate surface area is 167 Å². The molecule has 4 rings (SSSR count). The first-order chi connectivity index (χ1) is 13.4. The standard InChI is InChI=1S/C21H20ClN5O/c1-11-5-19-14(7-18(11)25-2)16(15-8-26-9-17(23)20(15)22)10-27(19)13-4-3-12(6-13)21(24)28/h5,7-10,12-13H,3-4,6,23H2,1H3,(H2,24,28). The number of amides is 1. The molecule has 0 radical (unpaired) electrons. The van der Waals surface area contributed by atoms with Crippen molar-refractivity contribution in [3.05, 3.63) is 52.7 Å². The second kappa shape index (κ2) is 6.84. The maximum Gasteiger partial charge on any atom is 0.220 e. The number of benzene rings is 1. The van der Waals surface area contributed by atoms with Gasteiger partial charge in [0.1, 0.15) is 0 Å². The van der Waals surface area contributed by atoms with Gasteiger partial charge in [-0.3, -0.25) is 9.78 Å². The monoisotopic (exact) mass is 393 g/mol. The molecule has 1 fully saturated rings. The molecule has 0 aliphatic heterocycles. The van der Waals surface area contributed by atoms with Crippen molar-refractivity contribution in [2.45, 2.75) is 32.2 Å². The van der Waals surface area contributed by atoms with Crippen molar-refractivity contribution in [1.29, 1.82) is 0 Å². The summed E-state index contributed by atoms with van der Waals surface area (Å²) in [6.45, 7) is 9.40. The third-order valence-corrected chi connectivity index (χ3v) is 6.09. The van der Waals surface area contributed by atoms with E-state index in [1.807, 2.05) is 25.3 Å². The maximum absolute atomic E-state index is 11.6. The van der Waals surface area contributed by atoms with Gasteiger partial charge in [0.15, 0.2) is 5.69 Å². The molecule has 0 bridgehead atoms. The molecule has 2 unspecified atom stereocenters. The zero-order chi connectivity index (χ0) is 20.0. The van der Waals surface area contributed by atoms with Crippen LogP contribution < -0.4 is 11.5 Å². The lowest BCUT2D eigenvalue weighted by Gasteiger charge is -2.14. The lowest BCUT2D eigenvalue weighted by Crippen LogP contribution is -2.21. The highest BCUT2D eigenvalue weighted by molar-refractivity contribution is 6.36. The van der Waals surface area contributed by atoms with Crippen molar-refractivity contribution >= 4 is 39.8 Å². The van der Waals surface area contributed by atoms with E-state index in [9.17, 15) is 4.79 Å². The van der Waals surface area contributed by atoms with Crippen molar-refractivity contribution in [3.63, 3.8) is 0 Å². The van der Waals surface area contributed by atoms with E-state index in [0.29, 0.717) is 22.8 Å². The highest BCUT2D eigenvalue weighted by Gasteiger charge is 2.31. The van der Waals surface area contributed by atoms with Crippen molar-refractivity contribution in [2.75, 3.05) is 5.73 Å². The number of carbonyl (C=O) groups is 1. The molecule has 6 nitrogen and oxygen atoms in total. The zero-order valence-corrected chi connectivity index (χ0v) is 16.2. The van der Waals surface area contributed by atoms with Gasteiger partial charge in [-0.25, -0.2) is 4.85 Å². The average Bonchev–Trinajstić information content (AvgIpc) is 3.28. The summed E-state index contributed by atoms with van der Waals surface area (Å²) in [6.07, 6.45) is 7.63. The van der Waals surface area contributed by atoms with Gasteiger partial charge >= 0.3 is 0 Å². The molecule has 2 atom stereocenters. The second-order valence-corrected chi connectivity index (χ2v) is 7.75. The van der Waals surface area contributed by atoms with Gasteiger partial charge in [-0.15, -0.1) is 0 Å². The smallest absolute Gasteiger partial charge is 0.220 e. The minimum atomic E-state index is -0.242. The number of aromatic nitrogens is 2. The summed E-state index contributed by atoms with van der Waals surface area (Å²) < 4.78 is 2.19. The fourth-order valence-electron chi connectivity index (χ4n) is 4.14. The average molecular weight is 394 g/mol. The van der Waals surface area contributed by atoms with Crippen LogP contribution in [0, 0.1) is 19.4 Å². The van der Waals surface area contributed by atoms with Crippen LogP contribution >= 0.6 is 11.6 Å². The van der Waals surface area contributed by atoms with Crippen molar-refractivity contribution in [2.24, 2.45) is 11.7 Å². The van der Waals surface area contributed by atoms with Crippen LogP contribution in [0.5, 0.6) is 0 Å². The number of carbonyl (C=O) groups excluding carboxylic acids is 1. The number of nitrogen functional groups attached to an aromatic ring is 1. The number of primary amides is 1. The first-order valence-corrected chi connectivity index (χ1v) is 9.49. The number of hydrogen-bond acceptors (Lipinski definition) is 3. The Kier molecular flexibility index (Phi) is 4.48. The van der Waals surface area contributed by atoms with E-state index >= 15 is 0 Å². The van der Waals surface area contributed by atoms with Crippen LogP contribution in [0.25, 0.3) is 26.9 Å². The van der Waals surface area contributed by atoms with Gasteiger partial charge in [0, 0.05) is 41.0 Å². The van der Waals surface area contributed by atoms with Crippen LogP contribution in [0.2, 0.25) is 5.02 Å². The number of aryl methyl sites for hydroxylation is 1. The van der Waals surface area contributed by atoms with Crippen LogP contribution in [0.15, 0.2) is 30.7 Å². The molecule has 1 aliphatic carbocycles. The molecule has 28 heavy (non-hydrogen) atoms. The quantitative estimate of drug-likeness (QED) is 0.635. The molecule has 1 amide bonds. The molecule has 0 saturated heterocycles. The van der Waals surface area contributed by atoms with Crippen LogP contribution in [-0.4, -0.2) is 15.5 Å². The van der Waals surface area contributed by atoms with Crippen LogP contribution in [0.4, 0.5) is 11.4 Å². The highest BCUT2D eigenvalue weighted by Crippen LogP contribution is 2.43. The van der Waals surface area contributed by atoms with Crippen LogP contribution in [0.1, 0.15) is 30.9 Å². The molecular weight excluding hydrogens is 374 g/mol. The Morgan fingerprint density at radius 3 is 2.79 bits per heavy atom. The zero-order valence-electron chi connectivity index (χ0n) is 15.4. The molecule has 2 heterocycles. The second-order valence-electron chi connectivity index (χ2n) is 7.37. The largest absolute Gasteiger partial charge is 0.396 e. The fourth-order valence-corrected chi connectivity index (χ4v) is 4.34. The van der Waals surface area contributed by atoms with Crippen molar-refractivity contribution < 1.29 is 4.79 Å². The Morgan fingerprint density at radius 1 is 1.32 bits per heavy atom. The van der Waals surface area contributed by atoms with Gasteiger partial charge in [0.2, 0.25) is 5.91 Å². The van der Waals surface area contributed by atoms with E-state index in [4.69, 9.17) is 29.6 Å². The summed E-state index contributed by atoms with van der Waals surface area (Å²) in [7, 11) is 0. The third kappa shape index (κ3) is 2.88. The van der Waals surface area contributed by atoms with Crippen LogP contribution in [0.3, 0.4) is 0 Å². The molecule has 142 valence electrons. The number of nitrogens with two attached hydrogens (primary N) is 2. The fraction of sp³-hybridized carbons (Fsp3) is 0.286. The molecule has 7 heteroatoms. The van der Waals surface area contributed by atoms with Gasteiger partial charge < -0.3 is 16.0 Å². The number of halogens is 1. The molecule has 3 aromatic rings. The normalized spacial score (nSPS) is 19.0. The Bertz CT molecular complexity index is 1140. The minimum absolute atomic E-state index is 0.105. The van der Waals surface area contributed by atoms with Gasteiger partial charge in [0.25, 0.3) is 0 Å². The first kappa shape index (κ1) is 18.3. The lowest BCUT2D eigenvalue weighted by molar-refractivity contribution is -0.121. The van der Waals surface area contributed by atoms with E-state index < -0.39 is 0 Å². The number of hydrogen-bond donors (Lipinski definition) is 2. The highest BCUT2D eigenvalue weighted by atomic mass is 35.5. The van der Waals surface area contributed by atoms with Crippen LogP contribution in [-0.2, 0) is 4.79 Å². The van der Waals surface area contributed by atoms with E-state index in [1.54, 1.807) is 6.20 Å². The minimum Gasteiger partial charge on any atom is -0.396 e. The molecule has 1 saturated carbocycles. The van der Waals surface area contributed by atoms with Gasteiger partial charge in [0.05, 0.1) is 23.5 Å². The maximum atomic E-state index is 11.6. The number of rotatable bonds is 3. The molecule has 1 aliphatic rings. The topological polar surface area (TPSA) is 91.3 Å². The Morgan fingerprint density at radius 2 is 2.11 bits per heavy atom.